The maximum Gasteiger partial charge on any atom is 0.162 e. The molecule has 0 spiro atoms. The Morgan fingerprint density at radius 2 is 2.12 bits per heavy atom. The van der Waals surface area contributed by atoms with Crippen molar-refractivity contribution in [1.29, 1.82) is 0 Å². The van der Waals surface area contributed by atoms with E-state index in [1.165, 1.54) is 17.4 Å². The number of benzene rings is 1. The van der Waals surface area contributed by atoms with Crippen LogP contribution in [0.4, 0.5) is 4.39 Å². The topological polar surface area (TPSA) is 46.0 Å². The summed E-state index contributed by atoms with van der Waals surface area (Å²) >= 11 is 6.58. The van der Waals surface area contributed by atoms with Crippen molar-refractivity contribution in [1.82, 2.24) is 19.6 Å². The van der Waals surface area contributed by atoms with Gasteiger partial charge in [0.05, 0.1) is 16.4 Å². The monoisotopic (exact) mass is 354 g/mol. The predicted molar refractivity (Wildman–Crippen MR) is 96.2 cm³/mol. The Morgan fingerprint density at radius 1 is 1.29 bits per heavy atom. The van der Waals surface area contributed by atoms with Crippen LogP contribution in [0.5, 0.6) is 0 Å². The number of H-pyrrole nitrogens is 1. The molecular weight excluding hydrogens is 343 g/mol. The van der Waals surface area contributed by atoms with Crippen LogP contribution in [0.1, 0.15) is 5.56 Å². The Bertz CT molecular complexity index is 1220. The van der Waals surface area contributed by atoms with Crippen LogP contribution in [0, 0.1) is 9.77 Å². The molecule has 0 atom stereocenters. The second-order valence-corrected chi connectivity index (χ2v) is 6.88. The quantitative estimate of drug-likeness (QED) is 0.563. The molecule has 0 saturated carbocycles. The molecule has 4 rings (SSSR count). The molecule has 1 aromatic carbocycles. The Morgan fingerprint density at radius 3 is 2.88 bits per heavy atom. The maximum atomic E-state index is 14.0. The van der Waals surface area contributed by atoms with E-state index in [-0.39, 0.29) is 5.82 Å². The van der Waals surface area contributed by atoms with Gasteiger partial charge in [-0.2, -0.15) is 5.10 Å². The van der Waals surface area contributed by atoms with Crippen LogP contribution in [0.2, 0.25) is 0 Å². The first-order valence-electron chi connectivity index (χ1n) is 7.11. The summed E-state index contributed by atoms with van der Waals surface area (Å²) in [7, 11) is 0. The molecule has 118 valence electrons. The van der Waals surface area contributed by atoms with Crippen LogP contribution < -0.4 is 9.88 Å². The number of nitrogens with one attached hydrogen (secondary N) is 1. The van der Waals surface area contributed by atoms with Crippen molar-refractivity contribution in [3.8, 4) is 11.3 Å². The van der Waals surface area contributed by atoms with Crippen LogP contribution >= 0.6 is 23.6 Å². The van der Waals surface area contributed by atoms with Gasteiger partial charge in [-0.1, -0.05) is 18.7 Å². The minimum absolute atomic E-state index is 0.303. The summed E-state index contributed by atoms with van der Waals surface area (Å²) in [6.45, 7) is 3.94. The number of nitrogens with zero attached hydrogens (tertiary/aromatic N) is 3. The van der Waals surface area contributed by atoms with Crippen molar-refractivity contribution >= 4 is 41.9 Å². The lowest BCUT2D eigenvalue weighted by Crippen LogP contribution is -2.18. The first kappa shape index (κ1) is 14.9. The lowest BCUT2D eigenvalue weighted by atomic mass is 10.1. The third-order valence-corrected chi connectivity index (χ3v) is 4.81. The molecule has 0 radical (unpaired) electrons. The van der Waals surface area contributed by atoms with Crippen LogP contribution in [0.3, 0.4) is 0 Å². The summed E-state index contributed by atoms with van der Waals surface area (Å²) in [6, 6.07) is 8.32. The summed E-state index contributed by atoms with van der Waals surface area (Å²) in [4.78, 5) is 7.58. The Kier molecular flexibility index (Phi) is 3.59. The highest BCUT2D eigenvalue weighted by Gasteiger charge is 2.09. The van der Waals surface area contributed by atoms with E-state index >= 15 is 0 Å². The first-order valence-corrected chi connectivity index (χ1v) is 8.33. The fourth-order valence-electron chi connectivity index (χ4n) is 2.44. The summed E-state index contributed by atoms with van der Waals surface area (Å²) in [5.74, 6) is -0.303. The second-order valence-electron chi connectivity index (χ2n) is 5.16. The van der Waals surface area contributed by atoms with Crippen molar-refractivity contribution in [3.63, 3.8) is 0 Å². The molecule has 3 aromatic heterocycles. The Balaban J connectivity index is 1.93. The fraction of sp³-hybridized carbons (Fsp3) is 0. The van der Waals surface area contributed by atoms with Gasteiger partial charge in [0.15, 0.2) is 9.60 Å². The van der Waals surface area contributed by atoms with E-state index in [0.717, 1.165) is 15.4 Å². The van der Waals surface area contributed by atoms with Gasteiger partial charge in [-0.3, -0.25) is 0 Å². The number of aromatic amines is 1. The molecule has 1 N–H and O–H groups in total. The number of aromatic nitrogens is 4. The zero-order valence-corrected chi connectivity index (χ0v) is 14.0. The normalized spacial score (nSPS) is 12.1. The lowest BCUT2D eigenvalue weighted by molar-refractivity contribution is 0.630. The number of fused-ring (bicyclic) bond motifs is 1. The van der Waals surface area contributed by atoms with Gasteiger partial charge in [0, 0.05) is 22.7 Å². The van der Waals surface area contributed by atoms with Gasteiger partial charge in [0.1, 0.15) is 5.82 Å². The van der Waals surface area contributed by atoms with Gasteiger partial charge in [-0.15, -0.1) is 11.3 Å². The molecule has 24 heavy (non-hydrogen) atoms. The summed E-state index contributed by atoms with van der Waals surface area (Å²) < 4.78 is 17.3. The zero-order chi connectivity index (χ0) is 16.7. The molecule has 3 heterocycles. The minimum Gasteiger partial charge on any atom is -0.337 e. The lowest BCUT2D eigenvalue weighted by Gasteiger charge is -2.03. The second kappa shape index (κ2) is 5.77. The minimum atomic E-state index is -0.303. The van der Waals surface area contributed by atoms with E-state index in [2.05, 4.69) is 21.6 Å². The number of thiazole rings is 1. The van der Waals surface area contributed by atoms with Crippen LogP contribution in [0.15, 0.2) is 42.7 Å². The molecule has 0 unspecified atom stereocenters. The third-order valence-electron chi connectivity index (χ3n) is 3.59. The average molecular weight is 354 g/mol. The summed E-state index contributed by atoms with van der Waals surface area (Å²) in [5, 5.41) is 5.04. The highest BCUT2D eigenvalue weighted by Crippen LogP contribution is 2.21. The molecule has 0 bridgehead atoms. The Labute approximate surface area is 145 Å². The molecular formula is C17H11FN4S2. The molecule has 0 amide bonds. The maximum absolute atomic E-state index is 14.0. The van der Waals surface area contributed by atoms with Gasteiger partial charge >= 0.3 is 0 Å². The molecule has 7 heteroatoms. The molecule has 4 aromatic rings. The van der Waals surface area contributed by atoms with E-state index in [9.17, 15) is 4.39 Å². The van der Waals surface area contributed by atoms with E-state index in [1.807, 2.05) is 6.08 Å². The smallest absolute Gasteiger partial charge is 0.162 e. The third kappa shape index (κ3) is 2.57. The molecule has 0 fully saturated rings. The number of hydrogen-bond acceptors (Lipinski definition) is 4. The SMILES string of the molecule is C=c1[nH]c(=S)s/c1=C\c1cnn2ccc(-c3ccccc3F)nc12. The van der Waals surface area contributed by atoms with Gasteiger partial charge in [0.2, 0.25) is 0 Å². The largest absolute Gasteiger partial charge is 0.337 e. The summed E-state index contributed by atoms with van der Waals surface area (Å²) in [5.41, 5.74) is 2.49. The fourth-order valence-corrected chi connectivity index (χ4v) is 3.56. The van der Waals surface area contributed by atoms with Gasteiger partial charge < -0.3 is 4.98 Å². The Hall–Kier alpha value is -2.64. The molecule has 0 aliphatic carbocycles. The van der Waals surface area contributed by atoms with Gasteiger partial charge in [-0.05, 0) is 36.5 Å². The highest BCUT2D eigenvalue weighted by atomic mass is 32.1. The van der Waals surface area contributed by atoms with E-state index < -0.39 is 0 Å². The van der Waals surface area contributed by atoms with Gasteiger partial charge in [0.25, 0.3) is 0 Å². The van der Waals surface area contributed by atoms with E-state index in [0.29, 0.717) is 20.9 Å². The van der Waals surface area contributed by atoms with Crippen LogP contribution in [0.25, 0.3) is 29.6 Å². The number of hydrogen-bond donors (Lipinski definition) is 1. The van der Waals surface area contributed by atoms with Crippen molar-refractivity contribution in [2.45, 2.75) is 0 Å². The first-order chi connectivity index (χ1) is 11.6. The van der Waals surface area contributed by atoms with Crippen LogP contribution in [-0.2, 0) is 0 Å². The predicted octanol–water partition coefficient (Wildman–Crippen LogP) is 2.89. The highest BCUT2D eigenvalue weighted by molar-refractivity contribution is 7.73. The average Bonchev–Trinajstić information content (AvgIpc) is 3.11. The zero-order valence-electron chi connectivity index (χ0n) is 12.4. The standard InChI is InChI=1S/C17H11FN4S2/c1-10-15(24-17(23)20-10)8-11-9-19-22-7-6-14(21-16(11)22)12-4-2-3-5-13(12)18/h2-9H,1H2,(H,20,23)/b15-8-. The van der Waals surface area contributed by atoms with Crippen LogP contribution in [-0.4, -0.2) is 19.6 Å². The van der Waals surface area contributed by atoms with Gasteiger partial charge in [-0.25, -0.2) is 13.9 Å². The van der Waals surface area contributed by atoms with Crippen molar-refractivity contribution in [2.75, 3.05) is 0 Å². The van der Waals surface area contributed by atoms with E-state index in [4.69, 9.17) is 12.2 Å². The van der Waals surface area contributed by atoms with Crippen molar-refractivity contribution in [2.24, 2.45) is 0 Å². The van der Waals surface area contributed by atoms with E-state index in [1.54, 1.807) is 41.2 Å². The molecule has 0 aliphatic rings. The van der Waals surface area contributed by atoms with Crippen molar-refractivity contribution in [3.05, 3.63) is 67.9 Å². The van der Waals surface area contributed by atoms with Crippen molar-refractivity contribution < 1.29 is 4.39 Å². The molecule has 0 aliphatic heterocycles. The molecule has 4 nitrogen and oxygen atoms in total. The number of rotatable bonds is 2. The summed E-state index contributed by atoms with van der Waals surface area (Å²) in [6.07, 6.45) is 5.42. The molecule has 0 saturated heterocycles. The number of halogens is 1.